The molecule has 0 aromatic heterocycles. The summed E-state index contributed by atoms with van der Waals surface area (Å²) in [5.74, 6) is 1.03. The number of nitrogens with zero attached hydrogens (tertiary/aromatic N) is 2. The number of rotatable bonds is 4. The molecule has 1 aromatic rings. The second kappa shape index (κ2) is 5.38. The van der Waals surface area contributed by atoms with Crippen molar-refractivity contribution in [3.8, 4) is 0 Å². The predicted octanol–water partition coefficient (Wildman–Crippen LogP) is 2.05. The Balaban J connectivity index is 1.25. The summed E-state index contributed by atoms with van der Waals surface area (Å²) in [6, 6.07) is 9.37. The minimum atomic E-state index is 0.613. The quantitative estimate of drug-likeness (QED) is 0.904. The number of hydrogen-bond acceptors (Lipinski definition) is 3. The summed E-state index contributed by atoms with van der Waals surface area (Å²) in [7, 11) is 0. The Labute approximate surface area is 121 Å². The molecule has 1 aliphatic carbocycles. The molecule has 3 aliphatic rings. The van der Waals surface area contributed by atoms with E-state index in [0.717, 1.165) is 5.92 Å². The van der Waals surface area contributed by atoms with Crippen molar-refractivity contribution in [1.82, 2.24) is 9.80 Å². The third-order valence-corrected chi connectivity index (χ3v) is 5.00. The average Bonchev–Trinajstić information content (AvgIpc) is 3.18. The fraction of sp³-hybridized carbons (Fsp3) is 0.647. The van der Waals surface area contributed by atoms with Gasteiger partial charge in [0.05, 0.1) is 0 Å². The van der Waals surface area contributed by atoms with Gasteiger partial charge in [-0.25, -0.2) is 0 Å². The van der Waals surface area contributed by atoms with E-state index < -0.39 is 0 Å². The Morgan fingerprint density at radius 1 is 0.950 bits per heavy atom. The third kappa shape index (κ3) is 2.84. The Morgan fingerprint density at radius 2 is 1.65 bits per heavy atom. The zero-order valence-electron chi connectivity index (χ0n) is 12.2. The fourth-order valence-corrected chi connectivity index (χ4v) is 3.62. The van der Waals surface area contributed by atoms with E-state index in [1.165, 1.54) is 69.8 Å². The predicted molar refractivity (Wildman–Crippen MR) is 83.2 cm³/mol. The van der Waals surface area contributed by atoms with Crippen LogP contribution in [0.2, 0.25) is 0 Å². The molecule has 0 amide bonds. The maximum atomic E-state index is 3.68. The molecule has 1 atom stereocenters. The SMILES string of the molecule is c1ccc2c(c1)CC(CN1CCN(CC3CC3)CC1)N2. The van der Waals surface area contributed by atoms with Crippen LogP contribution in [0.4, 0.5) is 5.69 Å². The van der Waals surface area contributed by atoms with Gasteiger partial charge in [-0.3, -0.25) is 4.90 Å². The number of benzene rings is 1. The molecule has 1 saturated carbocycles. The van der Waals surface area contributed by atoms with E-state index in [1.54, 1.807) is 0 Å². The number of nitrogens with one attached hydrogen (secondary N) is 1. The summed E-state index contributed by atoms with van der Waals surface area (Å²) in [6.45, 7) is 7.61. The summed E-state index contributed by atoms with van der Waals surface area (Å²) in [6.07, 6.45) is 4.15. The Kier molecular flexibility index (Phi) is 3.41. The molecule has 0 bridgehead atoms. The third-order valence-electron chi connectivity index (χ3n) is 5.00. The summed E-state index contributed by atoms with van der Waals surface area (Å²) in [5.41, 5.74) is 2.84. The van der Waals surface area contributed by atoms with Gasteiger partial charge < -0.3 is 10.2 Å². The maximum absolute atomic E-state index is 3.68. The van der Waals surface area contributed by atoms with Crippen LogP contribution in [0, 0.1) is 5.92 Å². The molecule has 2 fully saturated rings. The van der Waals surface area contributed by atoms with Crippen LogP contribution in [0.15, 0.2) is 24.3 Å². The number of para-hydroxylation sites is 1. The molecule has 2 heterocycles. The van der Waals surface area contributed by atoms with Crippen LogP contribution in [-0.2, 0) is 6.42 Å². The topological polar surface area (TPSA) is 18.5 Å². The molecule has 0 radical (unpaired) electrons. The number of piperazine rings is 1. The fourth-order valence-electron chi connectivity index (χ4n) is 3.62. The van der Waals surface area contributed by atoms with Gasteiger partial charge in [0.25, 0.3) is 0 Å². The van der Waals surface area contributed by atoms with Crippen LogP contribution in [0.25, 0.3) is 0 Å². The number of hydrogen-bond donors (Lipinski definition) is 1. The van der Waals surface area contributed by atoms with Crippen LogP contribution < -0.4 is 5.32 Å². The average molecular weight is 271 g/mol. The lowest BCUT2D eigenvalue weighted by atomic mass is 10.1. The van der Waals surface area contributed by atoms with Crippen LogP contribution in [-0.4, -0.2) is 55.1 Å². The Morgan fingerprint density at radius 3 is 2.35 bits per heavy atom. The van der Waals surface area contributed by atoms with Crippen LogP contribution in [0.3, 0.4) is 0 Å². The first-order valence-corrected chi connectivity index (χ1v) is 8.16. The largest absolute Gasteiger partial charge is 0.380 e. The van der Waals surface area contributed by atoms with Gasteiger partial charge >= 0.3 is 0 Å². The van der Waals surface area contributed by atoms with Gasteiger partial charge in [-0.05, 0) is 36.8 Å². The molecule has 1 saturated heterocycles. The monoisotopic (exact) mass is 271 g/mol. The van der Waals surface area contributed by atoms with Crippen molar-refractivity contribution in [2.24, 2.45) is 5.92 Å². The molecular formula is C17H25N3. The highest BCUT2D eigenvalue weighted by Crippen LogP contribution is 2.30. The van der Waals surface area contributed by atoms with E-state index in [0.29, 0.717) is 6.04 Å². The van der Waals surface area contributed by atoms with Gasteiger partial charge in [-0.15, -0.1) is 0 Å². The van der Waals surface area contributed by atoms with Crippen LogP contribution >= 0.6 is 0 Å². The second-order valence-electron chi connectivity index (χ2n) is 6.75. The molecule has 3 heteroatoms. The van der Waals surface area contributed by atoms with Gasteiger partial charge in [-0.2, -0.15) is 0 Å². The van der Waals surface area contributed by atoms with Crippen molar-refractivity contribution < 1.29 is 0 Å². The summed E-state index contributed by atoms with van der Waals surface area (Å²) in [5, 5.41) is 3.68. The van der Waals surface area contributed by atoms with Gasteiger partial charge in [-0.1, -0.05) is 18.2 Å². The van der Waals surface area contributed by atoms with Crippen molar-refractivity contribution >= 4 is 5.69 Å². The Bertz CT molecular complexity index is 436. The zero-order valence-corrected chi connectivity index (χ0v) is 12.2. The first kappa shape index (κ1) is 12.7. The van der Waals surface area contributed by atoms with Crippen molar-refractivity contribution in [2.75, 3.05) is 44.6 Å². The van der Waals surface area contributed by atoms with E-state index in [4.69, 9.17) is 0 Å². The molecule has 0 spiro atoms. The van der Waals surface area contributed by atoms with Crippen molar-refractivity contribution in [3.63, 3.8) is 0 Å². The normalized spacial score (nSPS) is 27.3. The molecule has 1 unspecified atom stereocenters. The van der Waals surface area contributed by atoms with Crippen LogP contribution in [0.5, 0.6) is 0 Å². The van der Waals surface area contributed by atoms with Crippen LogP contribution in [0.1, 0.15) is 18.4 Å². The second-order valence-corrected chi connectivity index (χ2v) is 6.75. The lowest BCUT2D eigenvalue weighted by molar-refractivity contribution is 0.125. The number of anilines is 1. The minimum Gasteiger partial charge on any atom is -0.380 e. The molecular weight excluding hydrogens is 246 g/mol. The van der Waals surface area contributed by atoms with E-state index in [9.17, 15) is 0 Å². The van der Waals surface area contributed by atoms with E-state index in [2.05, 4.69) is 39.4 Å². The van der Waals surface area contributed by atoms with Crippen molar-refractivity contribution in [2.45, 2.75) is 25.3 Å². The van der Waals surface area contributed by atoms with Gasteiger partial charge in [0.2, 0.25) is 0 Å². The molecule has 4 rings (SSSR count). The molecule has 108 valence electrons. The zero-order chi connectivity index (χ0) is 13.4. The smallest absolute Gasteiger partial charge is 0.0429 e. The van der Waals surface area contributed by atoms with E-state index >= 15 is 0 Å². The maximum Gasteiger partial charge on any atom is 0.0429 e. The molecule has 3 nitrogen and oxygen atoms in total. The van der Waals surface area contributed by atoms with Gasteiger partial charge in [0, 0.05) is 51.0 Å². The highest BCUT2D eigenvalue weighted by atomic mass is 15.3. The molecule has 2 aliphatic heterocycles. The summed E-state index contributed by atoms with van der Waals surface area (Å²) >= 11 is 0. The molecule has 20 heavy (non-hydrogen) atoms. The molecule has 1 N–H and O–H groups in total. The van der Waals surface area contributed by atoms with E-state index in [1.807, 2.05) is 0 Å². The molecule has 1 aromatic carbocycles. The first-order valence-electron chi connectivity index (χ1n) is 8.16. The van der Waals surface area contributed by atoms with E-state index in [-0.39, 0.29) is 0 Å². The Hall–Kier alpha value is -1.06. The van der Waals surface area contributed by atoms with Gasteiger partial charge in [0.1, 0.15) is 0 Å². The number of fused-ring (bicyclic) bond motifs is 1. The first-order chi connectivity index (χ1) is 9.87. The standard InChI is InChI=1S/C17H25N3/c1-2-4-17-15(3-1)11-16(18-17)13-20-9-7-19(8-10-20)12-14-5-6-14/h1-4,14,16,18H,5-13H2. The summed E-state index contributed by atoms with van der Waals surface area (Å²) in [4.78, 5) is 5.32. The van der Waals surface area contributed by atoms with Gasteiger partial charge in [0.15, 0.2) is 0 Å². The van der Waals surface area contributed by atoms with Crippen molar-refractivity contribution in [1.29, 1.82) is 0 Å². The van der Waals surface area contributed by atoms with Crippen molar-refractivity contribution in [3.05, 3.63) is 29.8 Å². The highest BCUT2D eigenvalue weighted by molar-refractivity contribution is 5.56. The minimum absolute atomic E-state index is 0.613. The highest BCUT2D eigenvalue weighted by Gasteiger charge is 2.28. The lowest BCUT2D eigenvalue weighted by Crippen LogP contribution is -2.49. The summed E-state index contributed by atoms with van der Waals surface area (Å²) < 4.78 is 0. The lowest BCUT2D eigenvalue weighted by Gasteiger charge is -2.36.